The Morgan fingerprint density at radius 2 is 2.00 bits per heavy atom. The molecule has 0 aliphatic rings. The minimum atomic E-state index is -0.308. The van der Waals surface area contributed by atoms with Gasteiger partial charge in [-0.05, 0) is 31.0 Å². The number of amides is 1. The van der Waals surface area contributed by atoms with Gasteiger partial charge in [-0.3, -0.25) is 9.79 Å². The molecule has 0 bridgehead atoms. The number of nitrogens with two attached hydrogens (primary N) is 1. The minimum absolute atomic E-state index is 0. The molecule has 0 heterocycles. The number of carbonyl (C=O) groups is 1. The first-order valence-corrected chi connectivity index (χ1v) is 7.09. The fourth-order valence-corrected chi connectivity index (χ4v) is 1.62. The molecule has 124 valence electrons. The van der Waals surface area contributed by atoms with Crippen LogP contribution in [0.15, 0.2) is 29.3 Å². The van der Waals surface area contributed by atoms with E-state index in [0.29, 0.717) is 19.0 Å². The highest BCUT2D eigenvalue weighted by Crippen LogP contribution is 2.03. The van der Waals surface area contributed by atoms with Crippen molar-refractivity contribution < 1.29 is 9.18 Å². The molecule has 0 aliphatic heterocycles. The number of benzene rings is 1. The molecule has 0 aromatic heterocycles. The maximum atomic E-state index is 12.7. The summed E-state index contributed by atoms with van der Waals surface area (Å²) in [5.41, 5.74) is 6.47. The number of hydrogen-bond donors (Lipinski definition) is 3. The van der Waals surface area contributed by atoms with Gasteiger partial charge < -0.3 is 16.4 Å². The van der Waals surface area contributed by atoms with Crippen LogP contribution in [0.2, 0.25) is 0 Å². The summed E-state index contributed by atoms with van der Waals surface area (Å²) in [5, 5.41) is 5.79. The molecule has 1 aromatic carbocycles. The van der Waals surface area contributed by atoms with Crippen LogP contribution in [0.25, 0.3) is 0 Å². The second-order valence-electron chi connectivity index (χ2n) is 4.87. The van der Waals surface area contributed by atoms with Gasteiger partial charge in [-0.2, -0.15) is 0 Å². The lowest BCUT2D eigenvalue weighted by Gasteiger charge is -2.11. The third-order valence-corrected chi connectivity index (χ3v) is 3.00. The van der Waals surface area contributed by atoms with Crippen molar-refractivity contribution in [1.29, 1.82) is 0 Å². The largest absolute Gasteiger partial charge is 0.370 e. The molecule has 1 rings (SSSR count). The number of nitrogens with zero attached hydrogens (tertiary/aromatic N) is 1. The Hall–Kier alpha value is -1.38. The van der Waals surface area contributed by atoms with Gasteiger partial charge in [-0.25, -0.2) is 4.39 Å². The highest BCUT2D eigenvalue weighted by molar-refractivity contribution is 14.0. The summed E-state index contributed by atoms with van der Waals surface area (Å²) < 4.78 is 12.7. The lowest BCUT2D eigenvalue weighted by atomic mass is 10.1. The Morgan fingerprint density at radius 3 is 2.59 bits per heavy atom. The second-order valence-corrected chi connectivity index (χ2v) is 4.87. The number of rotatable bonds is 7. The van der Waals surface area contributed by atoms with Crippen molar-refractivity contribution in [3.05, 3.63) is 35.6 Å². The van der Waals surface area contributed by atoms with Crippen molar-refractivity contribution in [3.8, 4) is 0 Å². The average molecular weight is 422 g/mol. The van der Waals surface area contributed by atoms with Gasteiger partial charge in [0.25, 0.3) is 0 Å². The first-order chi connectivity index (χ1) is 10.0. The van der Waals surface area contributed by atoms with Crippen LogP contribution in [-0.4, -0.2) is 31.0 Å². The van der Waals surface area contributed by atoms with Gasteiger partial charge in [0.15, 0.2) is 5.96 Å². The third-order valence-electron chi connectivity index (χ3n) is 3.00. The molecule has 1 aromatic rings. The SMILES string of the molecule is CCC(C)NC(N)=NCCNC(=O)Cc1ccc(F)cc1.I. The van der Waals surface area contributed by atoms with Crippen molar-refractivity contribution in [2.45, 2.75) is 32.7 Å². The first kappa shape index (κ1) is 20.6. The molecule has 0 fully saturated rings. The highest BCUT2D eigenvalue weighted by Gasteiger charge is 2.03. The van der Waals surface area contributed by atoms with Crippen molar-refractivity contribution in [1.82, 2.24) is 10.6 Å². The van der Waals surface area contributed by atoms with Crippen molar-refractivity contribution in [3.63, 3.8) is 0 Å². The van der Waals surface area contributed by atoms with E-state index < -0.39 is 0 Å². The zero-order valence-corrected chi connectivity index (χ0v) is 15.3. The van der Waals surface area contributed by atoms with Gasteiger partial charge in [0.1, 0.15) is 5.82 Å². The van der Waals surface area contributed by atoms with Crippen molar-refractivity contribution >= 4 is 35.8 Å². The molecule has 0 saturated heterocycles. The maximum absolute atomic E-state index is 12.7. The van der Waals surface area contributed by atoms with E-state index in [1.54, 1.807) is 12.1 Å². The quantitative estimate of drug-likeness (QED) is 0.272. The van der Waals surface area contributed by atoms with Crippen LogP contribution in [0.1, 0.15) is 25.8 Å². The van der Waals surface area contributed by atoms with Crippen molar-refractivity contribution in [2.75, 3.05) is 13.1 Å². The lowest BCUT2D eigenvalue weighted by Crippen LogP contribution is -2.38. The number of hydrogen-bond acceptors (Lipinski definition) is 2. The molecule has 0 aliphatic carbocycles. The van der Waals surface area contributed by atoms with E-state index in [4.69, 9.17) is 5.73 Å². The van der Waals surface area contributed by atoms with Gasteiger partial charge >= 0.3 is 0 Å². The Morgan fingerprint density at radius 1 is 1.36 bits per heavy atom. The predicted molar refractivity (Wildman–Crippen MR) is 97.9 cm³/mol. The minimum Gasteiger partial charge on any atom is -0.370 e. The fourth-order valence-electron chi connectivity index (χ4n) is 1.62. The molecule has 22 heavy (non-hydrogen) atoms. The Bertz CT molecular complexity index is 479. The van der Waals surface area contributed by atoms with E-state index in [1.165, 1.54) is 12.1 Å². The van der Waals surface area contributed by atoms with Gasteiger partial charge in [-0.15, -0.1) is 24.0 Å². The summed E-state index contributed by atoms with van der Waals surface area (Å²) in [6.07, 6.45) is 1.19. The first-order valence-electron chi connectivity index (χ1n) is 7.09. The van der Waals surface area contributed by atoms with E-state index in [1.807, 2.05) is 6.92 Å². The smallest absolute Gasteiger partial charge is 0.224 e. The predicted octanol–water partition coefficient (Wildman–Crippen LogP) is 1.81. The molecule has 4 N–H and O–H groups in total. The molecule has 0 spiro atoms. The van der Waals surface area contributed by atoms with Crippen molar-refractivity contribution in [2.24, 2.45) is 10.7 Å². The maximum Gasteiger partial charge on any atom is 0.224 e. The normalized spacial score (nSPS) is 12.2. The second kappa shape index (κ2) is 11.2. The zero-order chi connectivity index (χ0) is 15.7. The molecule has 7 heteroatoms. The number of aliphatic imine (C=N–C) groups is 1. The van der Waals surface area contributed by atoms with Crippen LogP contribution in [0.3, 0.4) is 0 Å². The Balaban J connectivity index is 0.00000441. The van der Waals surface area contributed by atoms with Gasteiger partial charge in [0.2, 0.25) is 5.91 Å². The summed E-state index contributed by atoms with van der Waals surface area (Å²) in [5.74, 6) is -0.0415. The number of carbonyl (C=O) groups excluding carboxylic acids is 1. The Kier molecular flexibility index (Phi) is 10.5. The monoisotopic (exact) mass is 422 g/mol. The molecule has 1 amide bonds. The highest BCUT2D eigenvalue weighted by atomic mass is 127. The van der Waals surface area contributed by atoms with E-state index >= 15 is 0 Å². The molecular weight excluding hydrogens is 398 g/mol. The molecular formula is C15H24FIN4O. The molecule has 5 nitrogen and oxygen atoms in total. The van der Waals surface area contributed by atoms with Crippen LogP contribution in [0.5, 0.6) is 0 Å². The molecule has 1 unspecified atom stereocenters. The van der Waals surface area contributed by atoms with Gasteiger partial charge in [-0.1, -0.05) is 19.1 Å². The van der Waals surface area contributed by atoms with E-state index in [-0.39, 0.29) is 48.2 Å². The van der Waals surface area contributed by atoms with Gasteiger partial charge in [0.05, 0.1) is 13.0 Å². The molecule has 1 atom stereocenters. The van der Waals surface area contributed by atoms with Crippen LogP contribution >= 0.6 is 24.0 Å². The number of halogens is 2. The molecule has 0 saturated carbocycles. The standard InChI is InChI=1S/C15H23FN4O.HI/c1-3-11(2)20-15(17)19-9-8-18-14(21)10-12-4-6-13(16)7-5-12;/h4-7,11H,3,8-10H2,1-2H3,(H,18,21)(H3,17,19,20);1H. The van der Waals surface area contributed by atoms with Crippen LogP contribution in [0.4, 0.5) is 4.39 Å². The lowest BCUT2D eigenvalue weighted by molar-refractivity contribution is -0.120. The average Bonchev–Trinajstić information content (AvgIpc) is 2.46. The van der Waals surface area contributed by atoms with Gasteiger partial charge in [0, 0.05) is 12.6 Å². The summed E-state index contributed by atoms with van der Waals surface area (Å²) in [4.78, 5) is 15.8. The summed E-state index contributed by atoms with van der Waals surface area (Å²) in [6.45, 7) is 4.92. The van der Waals surface area contributed by atoms with Crippen LogP contribution < -0.4 is 16.4 Å². The summed E-state index contributed by atoms with van der Waals surface area (Å²) in [6, 6.07) is 6.16. The van der Waals surface area contributed by atoms with Crippen LogP contribution in [-0.2, 0) is 11.2 Å². The fraction of sp³-hybridized carbons (Fsp3) is 0.467. The van der Waals surface area contributed by atoms with Crippen LogP contribution in [0, 0.1) is 5.82 Å². The summed E-state index contributed by atoms with van der Waals surface area (Å²) in [7, 11) is 0. The van der Waals surface area contributed by atoms with E-state index in [2.05, 4.69) is 22.5 Å². The number of guanidine groups is 1. The van der Waals surface area contributed by atoms with E-state index in [9.17, 15) is 9.18 Å². The number of nitrogens with one attached hydrogen (secondary N) is 2. The third kappa shape index (κ3) is 8.81. The zero-order valence-electron chi connectivity index (χ0n) is 12.9. The molecule has 0 radical (unpaired) electrons. The topological polar surface area (TPSA) is 79.5 Å². The summed E-state index contributed by atoms with van der Waals surface area (Å²) >= 11 is 0. The van der Waals surface area contributed by atoms with E-state index in [0.717, 1.165) is 12.0 Å². The Labute approximate surface area is 148 Å².